The van der Waals surface area contributed by atoms with E-state index in [2.05, 4.69) is 30.0 Å². The number of rotatable bonds is 7. The summed E-state index contributed by atoms with van der Waals surface area (Å²) in [6.07, 6.45) is 7.34. The van der Waals surface area contributed by atoms with Gasteiger partial charge in [-0.2, -0.15) is 0 Å². The van der Waals surface area contributed by atoms with Crippen molar-refractivity contribution in [3.63, 3.8) is 0 Å². The first kappa shape index (κ1) is 26.6. The van der Waals surface area contributed by atoms with Crippen LogP contribution in [0.1, 0.15) is 40.9 Å². The van der Waals surface area contributed by atoms with Crippen LogP contribution in [0.3, 0.4) is 0 Å². The molecule has 0 N–H and O–H groups in total. The monoisotopic (exact) mass is 551 g/mol. The smallest absolute Gasteiger partial charge is 0.266 e. The Balaban J connectivity index is 1.54. The molecule has 1 fully saturated rings. The highest BCUT2D eigenvalue weighted by atomic mass is 35.5. The molecule has 8 heteroatoms. The molecule has 1 aliphatic carbocycles. The number of fused-ring (bicyclic) bond motifs is 1. The Labute approximate surface area is 231 Å². The van der Waals surface area contributed by atoms with Gasteiger partial charge in [0, 0.05) is 52.2 Å². The molecule has 0 radical (unpaired) electrons. The number of hydrogen-bond acceptors (Lipinski definition) is 5. The topological polar surface area (TPSA) is 45.7 Å². The van der Waals surface area contributed by atoms with E-state index >= 15 is 0 Å². The maximum absolute atomic E-state index is 14.6. The minimum Gasteiger partial charge on any atom is -0.496 e. The van der Waals surface area contributed by atoms with E-state index in [0.717, 1.165) is 42.4 Å². The first-order chi connectivity index (χ1) is 18.4. The fourth-order valence-electron chi connectivity index (χ4n) is 5.39. The maximum atomic E-state index is 14.6. The third kappa shape index (κ3) is 5.28. The summed E-state index contributed by atoms with van der Waals surface area (Å²) in [6.45, 7) is 0.362. The number of aromatic nitrogens is 1. The zero-order valence-corrected chi connectivity index (χ0v) is 23.4. The highest BCUT2D eigenvalue weighted by molar-refractivity contribution is 7.21. The first-order valence-corrected chi connectivity index (χ1v) is 14.0. The number of halogens is 2. The summed E-state index contributed by atoms with van der Waals surface area (Å²) in [5, 5.41) is 0.506. The zero-order chi connectivity index (χ0) is 26.8. The second-order valence-corrected chi connectivity index (χ2v) is 11.4. The second-order valence-electron chi connectivity index (χ2n) is 9.99. The van der Waals surface area contributed by atoms with Gasteiger partial charge in [-0.1, -0.05) is 29.8 Å². The Morgan fingerprint density at radius 1 is 1.08 bits per heavy atom. The van der Waals surface area contributed by atoms with E-state index in [-0.39, 0.29) is 17.0 Å². The van der Waals surface area contributed by atoms with E-state index in [9.17, 15) is 9.18 Å². The molecule has 4 aromatic rings. The second kappa shape index (κ2) is 11.4. The average Bonchev–Trinajstić information content (AvgIpc) is 3.29. The Hall–Kier alpha value is -3.00. The molecule has 38 heavy (non-hydrogen) atoms. The Bertz CT molecular complexity index is 1430. The highest BCUT2D eigenvalue weighted by Gasteiger charge is 2.33. The molecule has 2 heterocycles. The quantitative estimate of drug-likeness (QED) is 0.242. The van der Waals surface area contributed by atoms with Crippen LogP contribution in [0.5, 0.6) is 5.75 Å². The third-order valence-corrected chi connectivity index (χ3v) is 9.15. The molecule has 0 bridgehead atoms. The van der Waals surface area contributed by atoms with Crippen LogP contribution in [0, 0.1) is 5.82 Å². The molecule has 2 aromatic carbocycles. The standard InChI is InChI=1S/C30H31ClFN3O2S/c1-34(2)22-10-12-23(13-11-22)35(30(36)29-28(31)27-24(32)7-4-8-26(27)38-29)18-21-16-19(9-14-25(21)37-3)20-6-5-15-33-17-20/h4-9,14-17,22-23H,10-13,18H2,1-3H3/t22-,23-. The van der Waals surface area contributed by atoms with E-state index in [1.54, 1.807) is 25.4 Å². The van der Waals surface area contributed by atoms with Crippen molar-refractivity contribution in [1.82, 2.24) is 14.8 Å². The molecule has 198 valence electrons. The average molecular weight is 552 g/mol. The van der Waals surface area contributed by atoms with Gasteiger partial charge in [0.05, 0.1) is 12.1 Å². The van der Waals surface area contributed by atoms with Crippen LogP contribution in [-0.2, 0) is 6.54 Å². The number of ether oxygens (including phenoxy) is 1. The number of amides is 1. The number of carbonyl (C=O) groups is 1. The van der Waals surface area contributed by atoms with Crippen molar-refractivity contribution < 1.29 is 13.9 Å². The van der Waals surface area contributed by atoms with E-state index in [1.807, 2.05) is 35.4 Å². The molecule has 1 amide bonds. The van der Waals surface area contributed by atoms with E-state index in [0.29, 0.717) is 33.3 Å². The predicted octanol–water partition coefficient (Wildman–Crippen LogP) is 7.28. The molecule has 0 spiro atoms. The van der Waals surface area contributed by atoms with Crippen molar-refractivity contribution in [1.29, 1.82) is 0 Å². The molecule has 1 saturated carbocycles. The van der Waals surface area contributed by atoms with E-state index in [4.69, 9.17) is 16.3 Å². The fourth-order valence-corrected chi connectivity index (χ4v) is 6.90. The van der Waals surface area contributed by atoms with Crippen molar-refractivity contribution in [2.24, 2.45) is 0 Å². The van der Waals surface area contributed by atoms with E-state index < -0.39 is 5.82 Å². The molecule has 0 aliphatic heterocycles. The summed E-state index contributed by atoms with van der Waals surface area (Å²) in [5.41, 5.74) is 2.89. The van der Waals surface area contributed by atoms with Crippen LogP contribution in [0.4, 0.5) is 4.39 Å². The normalized spacial score (nSPS) is 17.6. The SMILES string of the molecule is COc1ccc(-c2cccnc2)cc1CN(C(=O)c1sc2cccc(F)c2c1Cl)[C@H]1CC[C@H](N(C)C)CC1. The van der Waals surface area contributed by atoms with Crippen molar-refractivity contribution in [2.45, 2.75) is 44.3 Å². The molecule has 5 rings (SSSR count). The largest absolute Gasteiger partial charge is 0.496 e. The Morgan fingerprint density at radius 3 is 2.50 bits per heavy atom. The number of hydrogen-bond donors (Lipinski definition) is 0. The minimum absolute atomic E-state index is 0.0385. The molecule has 2 aromatic heterocycles. The van der Waals surface area contributed by atoms with Gasteiger partial charge in [0.25, 0.3) is 5.91 Å². The van der Waals surface area contributed by atoms with Crippen molar-refractivity contribution in [2.75, 3.05) is 21.2 Å². The van der Waals surface area contributed by atoms with Gasteiger partial charge >= 0.3 is 0 Å². The lowest BCUT2D eigenvalue weighted by Crippen LogP contribution is -2.44. The number of carbonyl (C=O) groups excluding carboxylic acids is 1. The maximum Gasteiger partial charge on any atom is 0.266 e. The van der Waals surface area contributed by atoms with Crippen molar-refractivity contribution in [3.05, 3.63) is 82.2 Å². The van der Waals surface area contributed by atoms with Crippen molar-refractivity contribution >= 4 is 38.9 Å². The number of methoxy groups -OCH3 is 1. The van der Waals surface area contributed by atoms with Crippen LogP contribution in [-0.4, -0.2) is 54.0 Å². The van der Waals surface area contributed by atoms with Gasteiger partial charge in [0.1, 0.15) is 16.4 Å². The summed E-state index contributed by atoms with van der Waals surface area (Å²) in [6, 6.07) is 15.3. The van der Waals surface area contributed by atoms with Gasteiger partial charge in [-0.05, 0) is 75.7 Å². The number of nitrogens with zero attached hydrogens (tertiary/aromatic N) is 3. The van der Waals surface area contributed by atoms with Gasteiger partial charge in [-0.15, -0.1) is 11.3 Å². The predicted molar refractivity (Wildman–Crippen MR) is 153 cm³/mol. The number of benzene rings is 2. The van der Waals surface area contributed by atoms with Crippen LogP contribution in [0.15, 0.2) is 60.9 Å². The summed E-state index contributed by atoms with van der Waals surface area (Å²) < 4.78 is 21.0. The van der Waals surface area contributed by atoms with Gasteiger partial charge in [0.2, 0.25) is 0 Å². The number of pyridine rings is 1. The molecule has 1 aliphatic rings. The molecule has 0 atom stereocenters. The zero-order valence-electron chi connectivity index (χ0n) is 21.8. The third-order valence-electron chi connectivity index (χ3n) is 7.51. The highest BCUT2D eigenvalue weighted by Crippen LogP contribution is 2.39. The molecular weight excluding hydrogens is 521 g/mol. The number of thiophene rings is 1. The van der Waals surface area contributed by atoms with Crippen LogP contribution in [0.25, 0.3) is 21.2 Å². The fraction of sp³-hybridized carbons (Fsp3) is 0.333. The Kier molecular flexibility index (Phi) is 7.98. The van der Waals surface area contributed by atoms with Crippen LogP contribution in [0.2, 0.25) is 5.02 Å². The lowest BCUT2D eigenvalue weighted by molar-refractivity contribution is 0.0573. The lowest BCUT2D eigenvalue weighted by atomic mass is 9.89. The van der Waals surface area contributed by atoms with Gasteiger partial charge in [-0.25, -0.2) is 4.39 Å². The van der Waals surface area contributed by atoms with E-state index in [1.165, 1.54) is 17.4 Å². The Morgan fingerprint density at radius 2 is 1.84 bits per heavy atom. The molecule has 5 nitrogen and oxygen atoms in total. The van der Waals surface area contributed by atoms with Crippen LogP contribution < -0.4 is 4.74 Å². The first-order valence-electron chi connectivity index (χ1n) is 12.8. The summed E-state index contributed by atoms with van der Waals surface area (Å²) >= 11 is 7.91. The van der Waals surface area contributed by atoms with Gasteiger partial charge < -0.3 is 14.5 Å². The molecule has 0 unspecified atom stereocenters. The summed E-state index contributed by atoms with van der Waals surface area (Å²) in [7, 11) is 5.85. The van der Waals surface area contributed by atoms with Gasteiger partial charge in [-0.3, -0.25) is 9.78 Å². The molecular formula is C30H31ClFN3O2S. The summed E-state index contributed by atoms with van der Waals surface area (Å²) in [5.74, 6) is 0.135. The van der Waals surface area contributed by atoms with Gasteiger partial charge in [0.15, 0.2) is 0 Å². The molecule has 0 saturated heterocycles. The lowest BCUT2D eigenvalue weighted by Gasteiger charge is -2.39. The summed E-state index contributed by atoms with van der Waals surface area (Å²) in [4.78, 5) is 23.0. The van der Waals surface area contributed by atoms with Crippen molar-refractivity contribution in [3.8, 4) is 16.9 Å². The van der Waals surface area contributed by atoms with Crippen LogP contribution >= 0.6 is 22.9 Å². The minimum atomic E-state index is -0.410.